The molecular formula is C15H11NO2. The Labute approximate surface area is 105 Å². The fraction of sp³-hybridized carbons (Fsp3) is 0.0667. The molecular weight excluding hydrogens is 226 g/mol. The third-order valence-electron chi connectivity index (χ3n) is 2.83. The average molecular weight is 237 g/mol. The van der Waals surface area contributed by atoms with Gasteiger partial charge in [-0.3, -0.25) is 0 Å². The van der Waals surface area contributed by atoms with Crippen LogP contribution in [0.5, 0.6) is 0 Å². The second-order valence-electron chi connectivity index (χ2n) is 4.19. The minimum atomic E-state index is -0.337. The molecule has 0 aliphatic carbocycles. The standard InChI is InChI=1S/C15H11NO2/c1-10-6-8-11(9-7-10)16-14-12-4-2-3-5-13(12)15(17)18-14/h2-9H,1H3. The van der Waals surface area contributed by atoms with Gasteiger partial charge in [-0.2, -0.15) is 0 Å². The minimum Gasteiger partial charge on any atom is -0.403 e. The lowest BCUT2D eigenvalue weighted by molar-refractivity contribution is 0.0737. The molecule has 1 aliphatic heterocycles. The van der Waals surface area contributed by atoms with Gasteiger partial charge in [0.25, 0.3) is 0 Å². The number of cyclic esters (lactones) is 1. The molecule has 2 aromatic rings. The van der Waals surface area contributed by atoms with Gasteiger partial charge in [0, 0.05) is 0 Å². The van der Waals surface area contributed by atoms with Gasteiger partial charge >= 0.3 is 5.97 Å². The van der Waals surface area contributed by atoms with Crippen LogP contribution >= 0.6 is 0 Å². The van der Waals surface area contributed by atoms with Crippen molar-refractivity contribution in [3.8, 4) is 0 Å². The zero-order valence-corrected chi connectivity index (χ0v) is 9.88. The molecule has 0 N–H and O–H groups in total. The van der Waals surface area contributed by atoms with Crippen molar-refractivity contribution < 1.29 is 9.53 Å². The Morgan fingerprint density at radius 3 is 2.33 bits per heavy atom. The number of esters is 1. The number of ether oxygens (including phenoxy) is 1. The summed E-state index contributed by atoms with van der Waals surface area (Å²) < 4.78 is 5.18. The molecule has 1 heterocycles. The van der Waals surface area contributed by atoms with Gasteiger partial charge in [0.1, 0.15) is 0 Å². The van der Waals surface area contributed by atoms with Gasteiger partial charge in [-0.15, -0.1) is 0 Å². The van der Waals surface area contributed by atoms with Gasteiger partial charge in [0.15, 0.2) is 0 Å². The SMILES string of the molecule is Cc1ccc(N=C2OC(=O)c3ccccc32)cc1. The van der Waals surface area contributed by atoms with Crippen LogP contribution in [0.25, 0.3) is 0 Å². The number of fused-ring (bicyclic) bond motifs is 1. The molecule has 0 amide bonds. The van der Waals surface area contributed by atoms with Crippen LogP contribution in [-0.2, 0) is 4.74 Å². The van der Waals surface area contributed by atoms with E-state index >= 15 is 0 Å². The summed E-state index contributed by atoms with van der Waals surface area (Å²) in [6.07, 6.45) is 0. The molecule has 0 unspecified atom stereocenters. The van der Waals surface area contributed by atoms with Crippen LogP contribution in [-0.4, -0.2) is 11.9 Å². The number of benzene rings is 2. The molecule has 0 saturated carbocycles. The van der Waals surface area contributed by atoms with E-state index in [4.69, 9.17) is 4.74 Å². The lowest BCUT2D eigenvalue weighted by atomic mass is 10.1. The Morgan fingerprint density at radius 1 is 0.944 bits per heavy atom. The van der Waals surface area contributed by atoms with E-state index in [-0.39, 0.29) is 5.97 Å². The van der Waals surface area contributed by atoms with E-state index in [9.17, 15) is 4.79 Å². The number of hydrogen-bond donors (Lipinski definition) is 0. The monoisotopic (exact) mass is 237 g/mol. The van der Waals surface area contributed by atoms with E-state index in [0.717, 1.165) is 11.3 Å². The molecule has 0 aromatic heterocycles. The molecule has 0 atom stereocenters. The highest BCUT2D eigenvalue weighted by atomic mass is 16.5. The van der Waals surface area contributed by atoms with E-state index in [1.165, 1.54) is 5.56 Å². The first-order chi connectivity index (χ1) is 8.74. The average Bonchev–Trinajstić information content (AvgIpc) is 2.70. The Kier molecular flexibility index (Phi) is 2.45. The summed E-state index contributed by atoms with van der Waals surface area (Å²) in [7, 11) is 0. The van der Waals surface area contributed by atoms with Gasteiger partial charge < -0.3 is 4.74 Å². The Bertz CT molecular complexity index is 642. The summed E-state index contributed by atoms with van der Waals surface area (Å²) in [5.74, 6) is 0.0379. The number of carbonyl (C=O) groups is 1. The molecule has 0 fully saturated rings. The first-order valence-corrected chi connectivity index (χ1v) is 5.71. The quantitative estimate of drug-likeness (QED) is 0.714. The first-order valence-electron chi connectivity index (χ1n) is 5.71. The van der Waals surface area contributed by atoms with Crippen LogP contribution in [0.4, 0.5) is 5.69 Å². The maximum Gasteiger partial charge on any atom is 0.345 e. The zero-order valence-electron chi connectivity index (χ0n) is 9.88. The van der Waals surface area contributed by atoms with E-state index in [0.29, 0.717) is 11.5 Å². The summed E-state index contributed by atoms with van der Waals surface area (Å²) in [6.45, 7) is 2.02. The predicted molar refractivity (Wildman–Crippen MR) is 69.2 cm³/mol. The highest BCUT2D eigenvalue weighted by Crippen LogP contribution is 2.23. The van der Waals surface area contributed by atoms with Crippen LogP contribution in [0.15, 0.2) is 53.5 Å². The summed E-state index contributed by atoms with van der Waals surface area (Å²) in [5, 5.41) is 0. The smallest absolute Gasteiger partial charge is 0.345 e. The largest absolute Gasteiger partial charge is 0.403 e. The molecule has 0 saturated heterocycles. The second kappa shape index (κ2) is 4.11. The van der Waals surface area contributed by atoms with E-state index < -0.39 is 0 Å². The van der Waals surface area contributed by atoms with Crippen molar-refractivity contribution in [1.82, 2.24) is 0 Å². The number of rotatable bonds is 1. The van der Waals surface area contributed by atoms with Gasteiger partial charge in [-0.05, 0) is 31.2 Å². The third-order valence-corrected chi connectivity index (χ3v) is 2.83. The van der Waals surface area contributed by atoms with Crippen LogP contribution in [0, 0.1) is 6.92 Å². The predicted octanol–water partition coefficient (Wildman–Crippen LogP) is 3.24. The Morgan fingerprint density at radius 2 is 1.61 bits per heavy atom. The minimum absolute atomic E-state index is 0.337. The van der Waals surface area contributed by atoms with Gasteiger partial charge in [0.2, 0.25) is 5.90 Å². The molecule has 2 aromatic carbocycles. The van der Waals surface area contributed by atoms with Crippen LogP contribution in [0.3, 0.4) is 0 Å². The van der Waals surface area contributed by atoms with Crippen LogP contribution in [0.1, 0.15) is 21.5 Å². The highest BCUT2D eigenvalue weighted by Gasteiger charge is 2.27. The molecule has 88 valence electrons. The summed E-state index contributed by atoms with van der Waals surface area (Å²) in [5.41, 5.74) is 3.27. The van der Waals surface area contributed by atoms with Crippen molar-refractivity contribution in [3.05, 3.63) is 65.2 Å². The number of nitrogens with zero attached hydrogens (tertiary/aromatic N) is 1. The van der Waals surface area contributed by atoms with E-state index in [2.05, 4.69) is 4.99 Å². The number of carbonyl (C=O) groups excluding carboxylic acids is 1. The second-order valence-corrected chi connectivity index (χ2v) is 4.19. The maximum absolute atomic E-state index is 11.6. The lowest BCUT2D eigenvalue weighted by Gasteiger charge is -1.98. The molecule has 3 nitrogen and oxygen atoms in total. The van der Waals surface area contributed by atoms with Crippen molar-refractivity contribution in [1.29, 1.82) is 0 Å². The molecule has 3 rings (SSSR count). The van der Waals surface area contributed by atoms with Crippen molar-refractivity contribution in [3.63, 3.8) is 0 Å². The summed E-state index contributed by atoms with van der Waals surface area (Å²) in [4.78, 5) is 16.0. The normalized spacial score (nSPS) is 15.6. The van der Waals surface area contributed by atoms with Crippen LogP contribution < -0.4 is 0 Å². The van der Waals surface area contributed by atoms with Gasteiger partial charge in [-0.1, -0.05) is 29.8 Å². The zero-order chi connectivity index (χ0) is 12.5. The van der Waals surface area contributed by atoms with E-state index in [1.807, 2.05) is 49.4 Å². The molecule has 0 radical (unpaired) electrons. The first kappa shape index (κ1) is 10.7. The molecule has 3 heteroatoms. The summed E-state index contributed by atoms with van der Waals surface area (Å²) in [6, 6.07) is 15.0. The van der Waals surface area contributed by atoms with Gasteiger partial charge in [-0.25, -0.2) is 9.79 Å². The molecule has 18 heavy (non-hydrogen) atoms. The van der Waals surface area contributed by atoms with Gasteiger partial charge in [0.05, 0.1) is 16.8 Å². The Balaban J connectivity index is 2.04. The number of aliphatic imine (C=N–C) groups is 1. The number of aryl methyl sites for hydroxylation is 1. The molecule has 0 bridgehead atoms. The van der Waals surface area contributed by atoms with Crippen molar-refractivity contribution in [2.75, 3.05) is 0 Å². The van der Waals surface area contributed by atoms with E-state index in [1.54, 1.807) is 6.07 Å². The fourth-order valence-corrected chi connectivity index (χ4v) is 1.86. The lowest BCUT2D eigenvalue weighted by Crippen LogP contribution is -1.99. The fourth-order valence-electron chi connectivity index (χ4n) is 1.86. The Hall–Kier alpha value is -2.42. The third kappa shape index (κ3) is 1.80. The van der Waals surface area contributed by atoms with Crippen molar-refractivity contribution in [2.24, 2.45) is 4.99 Å². The number of hydrogen-bond acceptors (Lipinski definition) is 3. The van der Waals surface area contributed by atoms with Crippen molar-refractivity contribution >= 4 is 17.6 Å². The summed E-state index contributed by atoms with van der Waals surface area (Å²) >= 11 is 0. The molecule has 0 spiro atoms. The van der Waals surface area contributed by atoms with Crippen molar-refractivity contribution in [2.45, 2.75) is 6.92 Å². The maximum atomic E-state index is 11.6. The topological polar surface area (TPSA) is 38.7 Å². The molecule has 1 aliphatic rings. The highest BCUT2D eigenvalue weighted by molar-refractivity contribution is 6.17. The van der Waals surface area contributed by atoms with Crippen LogP contribution in [0.2, 0.25) is 0 Å².